The van der Waals surface area contributed by atoms with Crippen LogP contribution >= 0.6 is 0 Å². The number of aliphatic hydroxyl groups is 1. The van der Waals surface area contributed by atoms with Gasteiger partial charge in [-0.2, -0.15) is 26.3 Å². The Balaban J connectivity index is 3.11. The summed E-state index contributed by atoms with van der Waals surface area (Å²) in [6.07, 6.45) is -13.4. The minimum Gasteiger partial charge on any atom is -0.393 e. The molecule has 2 nitrogen and oxygen atoms in total. The van der Waals surface area contributed by atoms with Crippen molar-refractivity contribution in [3.63, 3.8) is 0 Å². The van der Waals surface area contributed by atoms with Gasteiger partial charge in [-0.05, 0) is 44.6 Å². The van der Waals surface area contributed by atoms with Gasteiger partial charge in [0, 0.05) is 12.3 Å². The van der Waals surface area contributed by atoms with Gasteiger partial charge in [0.2, 0.25) is 0 Å². The molecule has 3 unspecified atom stereocenters. The Labute approximate surface area is 130 Å². The number of aliphatic hydroxyl groups excluding tert-OH is 1. The standard InChI is InChI=1S/C15H20F6O2/c1-8(2)12(23)7-9-4-5-11(22)10(6-9)13(3,14(16,17)18)15(19,20)21/h9-11,22H,1,4-7H2,2-3H3. The summed E-state index contributed by atoms with van der Waals surface area (Å²) in [4.78, 5) is 11.6. The minimum absolute atomic E-state index is 0.0871. The van der Waals surface area contributed by atoms with Crippen molar-refractivity contribution < 1.29 is 36.2 Å². The maximum atomic E-state index is 13.2. The van der Waals surface area contributed by atoms with Crippen molar-refractivity contribution in [2.75, 3.05) is 0 Å². The summed E-state index contributed by atoms with van der Waals surface area (Å²) in [7, 11) is 0. The fraction of sp³-hybridized carbons (Fsp3) is 0.800. The first-order valence-electron chi connectivity index (χ1n) is 7.22. The molecule has 3 atom stereocenters. The number of hydrogen-bond acceptors (Lipinski definition) is 2. The van der Waals surface area contributed by atoms with Gasteiger partial charge in [0.25, 0.3) is 0 Å². The molecule has 0 heterocycles. The molecule has 0 aromatic heterocycles. The van der Waals surface area contributed by atoms with Crippen LogP contribution in [0.2, 0.25) is 0 Å². The number of allylic oxidation sites excluding steroid dienone is 1. The van der Waals surface area contributed by atoms with E-state index in [0.717, 1.165) is 0 Å². The van der Waals surface area contributed by atoms with Crippen molar-refractivity contribution in [2.45, 2.75) is 58.0 Å². The predicted molar refractivity (Wildman–Crippen MR) is 71.5 cm³/mol. The molecule has 0 aromatic rings. The Morgan fingerprint density at radius 1 is 1.13 bits per heavy atom. The van der Waals surface area contributed by atoms with Gasteiger partial charge in [-0.3, -0.25) is 4.79 Å². The van der Waals surface area contributed by atoms with E-state index in [-0.39, 0.29) is 37.5 Å². The molecule has 0 bridgehead atoms. The zero-order valence-corrected chi connectivity index (χ0v) is 12.9. The molecule has 1 rings (SSSR count). The number of alkyl halides is 6. The highest BCUT2D eigenvalue weighted by Crippen LogP contribution is 2.58. The van der Waals surface area contributed by atoms with Crippen LogP contribution < -0.4 is 0 Å². The summed E-state index contributed by atoms with van der Waals surface area (Å²) in [5.74, 6) is -3.04. The monoisotopic (exact) mass is 346 g/mol. The third kappa shape index (κ3) is 3.89. The van der Waals surface area contributed by atoms with Crippen molar-refractivity contribution in [3.8, 4) is 0 Å². The van der Waals surface area contributed by atoms with Crippen LogP contribution in [0, 0.1) is 17.3 Å². The van der Waals surface area contributed by atoms with Crippen LogP contribution in [0.5, 0.6) is 0 Å². The van der Waals surface area contributed by atoms with Crippen molar-refractivity contribution in [3.05, 3.63) is 12.2 Å². The van der Waals surface area contributed by atoms with Gasteiger partial charge in [-0.15, -0.1) is 0 Å². The third-order valence-electron chi connectivity index (χ3n) is 4.79. The largest absolute Gasteiger partial charge is 0.403 e. The van der Waals surface area contributed by atoms with E-state index >= 15 is 0 Å². The normalized spacial score (nSPS) is 26.9. The number of hydrogen-bond donors (Lipinski definition) is 1. The fourth-order valence-electron chi connectivity index (χ4n) is 3.07. The predicted octanol–water partition coefficient (Wildman–Crippen LogP) is 4.43. The molecule has 0 saturated heterocycles. The van der Waals surface area contributed by atoms with Crippen molar-refractivity contribution in [1.29, 1.82) is 0 Å². The number of ketones is 1. The smallest absolute Gasteiger partial charge is 0.393 e. The molecular weight excluding hydrogens is 326 g/mol. The van der Waals surface area contributed by atoms with Gasteiger partial charge < -0.3 is 5.11 Å². The average molecular weight is 346 g/mol. The number of halogens is 6. The molecular formula is C15H20F6O2. The molecule has 8 heteroatoms. The second-order valence-corrected chi connectivity index (χ2v) is 6.46. The zero-order chi connectivity index (χ0) is 18.2. The van der Waals surface area contributed by atoms with Crippen LogP contribution in [-0.2, 0) is 4.79 Å². The van der Waals surface area contributed by atoms with Crippen molar-refractivity contribution in [1.82, 2.24) is 0 Å². The zero-order valence-electron chi connectivity index (χ0n) is 12.9. The van der Waals surface area contributed by atoms with E-state index in [9.17, 15) is 36.2 Å². The molecule has 1 saturated carbocycles. The average Bonchev–Trinajstić information content (AvgIpc) is 2.37. The van der Waals surface area contributed by atoms with Crippen LogP contribution in [0.3, 0.4) is 0 Å². The molecule has 1 aliphatic carbocycles. The van der Waals surface area contributed by atoms with Crippen LogP contribution in [-0.4, -0.2) is 29.3 Å². The lowest BCUT2D eigenvalue weighted by Gasteiger charge is -2.46. The molecule has 1 aliphatic rings. The van der Waals surface area contributed by atoms with E-state index in [0.29, 0.717) is 0 Å². The lowest BCUT2D eigenvalue weighted by molar-refractivity contribution is -0.362. The van der Waals surface area contributed by atoms with E-state index < -0.39 is 42.1 Å². The Morgan fingerprint density at radius 3 is 2.00 bits per heavy atom. The maximum Gasteiger partial charge on any atom is 0.403 e. The SMILES string of the molecule is C=C(C)C(=O)CC1CCC(O)C(C(C)(C(F)(F)F)C(F)(F)F)C1. The van der Waals surface area contributed by atoms with Gasteiger partial charge >= 0.3 is 12.4 Å². The number of Topliss-reactive ketones (excluding diaryl/α,β-unsaturated/α-hetero) is 1. The lowest BCUT2D eigenvalue weighted by atomic mass is 9.64. The van der Waals surface area contributed by atoms with Gasteiger partial charge in [0.15, 0.2) is 11.2 Å². The molecule has 1 N–H and O–H groups in total. The molecule has 1 fully saturated rings. The number of carbonyl (C=O) groups excluding carboxylic acids is 1. The summed E-state index contributed by atoms with van der Waals surface area (Å²) in [6.45, 7) is 4.95. The summed E-state index contributed by atoms with van der Waals surface area (Å²) in [5, 5.41) is 9.79. The summed E-state index contributed by atoms with van der Waals surface area (Å²) in [6, 6.07) is 0. The summed E-state index contributed by atoms with van der Waals surface area (Å²) >= 11 is 0. The van der Waals surface area contributed by atoms with E-state index in [1.165, 1.54) is 6.92 Å². The van der Waals surface area contributed by atoms with Crippen LogP contribution in [0.25, 0.3) is 0 Å². The van der Waals surface area contributed by atoms with E-state index in [4.69, 9.17) is 0 Å². The number of rotatable bonds is 4. The molecule has 0 aliphatic heterocycles. The highest BCUT2D eigenvalue weighted by molar-refractivity contribution is 5.94. The Morgan fingerprint density at radius 2 is 1.61 bits per heavy atom. The first-order valence-corrected chi connectivity index (χ1v) is 7.22. The highest BCUT2D eigenvalue weighted by atomic mass is 19.4. The maximum absolute atomic E-state index is 13.2. The van der Waals surface area contributed by atoms with Crippen LogP contribution in [0.1, 0.15) is 39.5 Å². The minimum atomic E-state index is -5.54. The Hall–Kier alpha value is -1.05. The Bertz CT molecular complexity index is 452. The number of carbonyl (C=O) groups is 1. The van der Waals surface area contributed by atoms with Crippen LogP contribution in [0.15, 0.2) is 12.2 Å². The highest BCUT2D eigenvalue weighted by Gasteiger charge is 2.72. The quantitative estimate of drug-likeness (QED) is 0.604. The Kier molecular flexibility index (Phi) is 5.61. The second kappa shape index (κ2) is 6.45. The molecule has 23 heavy (non-hydrogen) atoms. The fourth-order valence-corrected chi connectivity index (χ4v) is 3.07. The molecule has 0 amide bonds. The van der Waals surface area contributed by atoms with E-state index in [1.54, 1.807) is 0 Å². The molecule has 134 valence electrons. The lowest BCUT2D eigenvalue weighted by Crippen LogP contribution is -2.57. The van der Waals surface area contributed by atoms with Gasteiger partial charge in [-0.25, -0.2) is 0 Å². The second-order valence-electron chi connectivity index (χ2n) is 6.46. The van der Waals surface area contributed by atoms with Gasteiger partial charge in [-0.1, -0.05) is 6.58 Å². The van der Waals surface area contributed by atoms with Gasteiger partial charge in [0.1, 0.15) is 0 Å². The summed E-state index contributed by atoms with van der Waals surface area (Å²) in [5.41, 5.74) is -3.80. The van der Waals surface area contributed by atoms with Gasteiger partial charge in [0.05, 0.1) is 6.10 Å². The first kappa shape index (κ1) is 20.0. The van der Waals surface area contributed by atoms with Crippen molar-refractivity contribution in [2.24, 2.45) is 17.3 Å². The first-order chi connectivity index (χ1) is 10.2. The van der Waals surface area contributed by atoms with E-state index in [1.807, 2.05) is 0 Å². The molecule has 0 radical (unpaired) electrons. The third-order valence-corrected chi connectivity index (χ3v) is 4.79. The van der Waals surface area contributed by atoms with Crippen molar-refractivity contribution >= 4 is 5.78 Å². The van der Waals surface area contributed by atoms with Crippen LogP contribution in [0.4, 0.5) is 26.3 Å². The molecule has 0 aromatic carbocycles. The van der Waals surface area contributed by atoms with E-state index in [2.05, 4.69) is 6.58 Å². The summed E-state index contributed by atoms with van der Waals surface area (Å²) < 4.78 is 79.0. The molecule has 0 spiro atoms. The topological polar surface area (TPSA) is 37.3 Å².